The molecular weight excluding hydrogens is 464 g/mol. The number of methoxy groups -OCH3 is 1. The van der Waals surface area contributed by atoms with E-state index in [2.05, 4.69) is 31.2 Å². The van der Waals surface area contributed by atoms with Gasteiger partial charge in [0.25, 0.3) is 5.91 Å². The van der Waals surface area contributed by atoms with Gasteiger partial charge in [-0.15, -0.1) is 11.3 Å². The predicted octanol–water partition coefficient (Wildman–Crippen LogP) is 4.36. The summed E-state index contributed by atoms with van der Waals surface area (Å²) in [5.74, 6) is 0.672. The number of nitrogens with zero attached hydrogens (tertiary/aromatic N) is 1. The van der Waals surface area contributed by atoms with Crippen LogP contribution in [0.5, 0.6) is 5.75 Å². The van der Waals surface area contributed by atoms with Crippen molar-refractivity contribution in [3.8, 4) is 16.2 Å². The molecule has 0 aliphatic heterocycles. The fourth-order valence-corrected chi connectivity index (χ4v) is 5.15. The second kappa shape index (κ2) is 8.99. The van der Waals surface area contributed by atoms with E-state index in [0.717, 1.165) is 37.3 Å². The van der Waals surface area contributed by atoms with Gasteiger partial charge < -0.3 is 20.8 Å². The van der Waals surface area contributed by atoms with Gasteiger partial charge >= 0.3 is 0 Å². The Kier molecular flexibility index (Phi) is 6.17. The molecular formula is C22H21BrN4O2S. The summed E-state index contributed by atoms with van der Waals surface area (Å²) in [6, 6.07) is 13.4. The number of H-pyrrole nitrogens is 1. The number of halogens is 1. The number of aromatic amines is 1. The van der Waals surface area contributed by atoms with Crippen molar-refractivity contribution in [2.75, 3.05) is 13.7 Å². The minimum atomic E-state index is -0.160. The zero-order valence-electron chi connectivity index (χ0n) is 16.3. The lowest BCUT2D eigenvalue weighted by atomic mass is 10.1. The van der Waals surface area contributed by atoms with Gasteiger partial charge in [0.1, 0.15) is 11.4 Å². The summed E-state index contributed by atoms with van der Waals surface area (Å²) in [5.41, 5.74) is 8.87. The van der Waals surface area contributed by atoms with Crippen LogP contribution in [0, 0.1) is 0 Å². The molecule has 8 heteroatoms. The fourth-order valence-electron chi connectivity index (χ4n) is 3.32. The SMILES string of the molecule is COc1ccc(CC(CN)NC(=O)c2cc(Br)c(-c3ccnc4[nH]ccc34)s2)cc1. The molecule has 1 atom stereocenters. The first kappa shape index (κ1) is 20.6. The number of amides is 1. The Hall–Kier alpha value is -2.68. The lowest BCUT2D eigenvalue weighted by molar-refractivity contribution is 0.0942. The molecule has 4 N–H and O–H groups in total. The van der Waals surface area contributed by atoms with Crippen molar-refractivity contribution in [2.24, 2.45) is 5.73 Å². The number of pyridine rings is 1. The molecule has 1 unspecified atom stereocenters. The number of nitrogens with two attached hydrogens (primary N) is 1. The molecule has 1 aromatic carbocycles. The minimum absolute atomic E-state index is 0.129. The van der Waals surface area contributed by atoms with Crippen LogP contribution in [0.1, 0.15) is 15.2 Å². The third kappa shape index (κ3) is 4.26. The maximum absolute atomic E-state index is 12.9. The number of rotatable bonds is 7. The number of carbonyl (C=O) groups is 1. The number of hydrogen-bond acceptors (Lipinski definition) is 5. The average molecular weight is 485 g/mol. The Morgan fingerprint density at radius 3 is 2.83 bits per heavy atom. The summed E-state index contributed by atoms with van der Waals surface area (Å²) in [6.07, 6.45) is 4.28. The highest BCUT2D eigenvalue weighted by Crippen LogP contribution is 2.39. The number of nitrogens with one attached hydrogen (secondary N) is 2. The van der Waals surface area contributed by atoms with Crippen molar-refractivity contribution in [2.45, 2.75) is 12.5 Å². The molecule has 0 aliphatic carbocycles. The van der Waals surface area contributed by atoms with Crippen molar-refractivity contribution >= 4 is 44.2 Å². The van der Waals surface area contributed by atoms with Crippen LogP contribution < -0.4 is 15.8 Å². The van der Waals surface area contributed by atoms with E-state index in [1.807, 2.05) is 48.7 Å². The van der Waals surface area contributed by atoms with E-state index in [0.29, 0.717) is 17.8 Å². The van der Waals surface area contributed by atoms with Gasteiger partial charge in [0.15, 0.2) is 0 Å². The lowest BCUT2D eigenvalue weighted by Crippen LogP contribution is -2.41. The van der Waals surface area contributed by atoms with Gasteiger partial charge in [-0.2, -0.15) is 0 Å². The zero-order chi connectivity index (χ0) is 21.1. The molecule has 3 aromatic heterocycles. The highest BCUT2D eigenvalue weighted by Gasteiger charge is 2.19. The molecule has 0 bridgehead atoms. The van der Waals surface area contributed by atoms with Gasteiger partial charge in [-0.05, 0) is 58.2 Å². The van der Waals surface area contributed by atoms with Gasteiger partial charge in [-0.3, -0.25) is 4.79 Å². The molecule has 0 spiro atoms. The second-order valence-corrected chi connectivity index (χ2v) is 8.75. The number of carbonyl (C=O) groups excluding carboxylic acids is 1. The topological polar surface area (TPSA) is 93.0 Å². The third-order valence-electron chi connectivity index (χ3n) is 4.88. The van der Waals surface area contributed by atoms with E-state index in [9.17, 15) is 4.79 Å². The fraction of sp³-hybridized carbons (Fsp3) is 0.182. The Morgan fingerprint density at radius 1 is 1.30 bits per heavy atom. The summed E-state index contributed by atoms with van der Waals surface area (Å²) in [6.45, 7) is 0.353. The molecule has 154 valence electrons. The van der Waals surface area contributed by atoms with Crippen molar-refractivity contribution in [3.05, 3.63) is 69.8 Å². The monoisotopic (exact) mass is 484 g/mol. The minimum Gasteiger partial charge on any atom is -0.497 e. The highest BCUT2D eigenvalue weighted by molar-refractivity contribution is 9.10. The smallest absolute Gasteiger partial charge is 0.261 e. The van der Waals surface area contributed by atoms with Crippen LogP contribution >= 0.6 is 27.3 Å². The molecule has 4 aromatic rings. The normalized spacial score (nSPS) is 12.1. The van der Waals surface area contributed by atoms with Crippen LogP contribution in [0.2, 0.25) is 0 Å². The second-order valence-electron chi connectivity index (χ2n) is 6.84. The van der Waals surface area contributed by atoms with Gasteiger partial charge in [0.05, 0.1) is 16.9 Å². The summed E-state index contributed by atoms with van der Waals surface area (Å²) < 4.78 is 6.07. The Labute approximate surface area is 186 Å². The number of aromatic nitrogens is 2. The maximum Gasteiger partial charge on any atom is 0.261 e. The summed E-state index contributed by atoms with van der Waals surface area (Å²) in [5, 5.41) is 4.08. The predicted molar refractivity (Wildman–Crippen MR) is 124 cm³/mol. The van der Waals surface area contributed by atoms with Crippen LogP contribution in [0.25, 0.3) is 21.5 Å². The zero-order valence-corrected chi connectivity index (χ0v) is 18.7. The van der Waals surface area contributed by atoms with Crippen LogP contribution in [0.3, 0.4) is 0 Å². The van der Waals surface area contributed by atoms with Crippen LogP contribution in [-0.2, 0) is 6.42 Å². The van der Waals surface area contributed by atoms with Gasteiger partial charge in [0.2, 0.25) is 0 Å². The van der Waals surface area contributed by atoms with Gasteiger partial charge in [-0.25, -0.2) is 4.98 Å². The maximum atomic E-state index is 12.9. The molecule has 0 radical (unpaired) electrons. The lowest BCUT2D eigenvalue weighted by Gasteiger charge is -2.16. The van der Waals surface area contributed by atoms with Crippen LogP contribution in [0.4, 0.5) is 0 Å². The Morgan fingerprint density at radius 2 is 2.10 bits per heavy atom. The van der Waals surface area contributed by atoms with E-state index in [4.69, 9.17) is 10.5 Å². The van der Waals surface area contributed by atoms with E-state index in [1.165, 1.54) is 11.3 Å². The van der Waals surface area contributed by atoms with Crippen molar-refractivity contribution < 1.29 is 9.53 Å². The number of hydrogen-bond donors (Lipinski definition) is 3. The van der Waals surface area contributed by atoms with E-state index < -0.39 is 0 Å². The number of ether oxygens (including phenoxy) is 1. The van der Waals surface area contributed by atoms with Crippen LogP contribution in [0.15, 0.2) is 59.3 Å². The molecule has 6 nitrogen and oxygen atoms in total. The largest absolute Gasteiger partial charge is 0.497 e. The first-order valence-electron chi connectivity index (χ1n) is 9.44. The Bertz CT molecular complexity index is 1170. The summed E-state index contributed by atoms with van der Waals surface area (Å²) in [7, 11) is 1.64. The van der Waals surface area contributed by atoms with Gasteiger partial charge in [0, 0.05) is 40.4 Å². The van der Waals surface area contributed by atoms with Crippen molar-refractivity contribution in [1.29, 1.82) is 0 Å². The number of fused-ring (bicyclic) bond motifs is 1. The highest BCUT2D eigenvalue weighted by atomic mass is 79.9. The first-order chi connectivity index (χ1) is 14.6. The molecule has 4 rings (SSSR count). The molecule has 0 fully saturated rings. The van der Waals surface area contributed by atoms with E-state index >= 15 is 0 Å². The molecule has 0 saturated heterocycles. The van der Waals surface area contributed by atoms with Gasteiger partial charge in [-0.1, -0.05) is 12.1 Å². The quantitative estimate of drug-likeness (QED) is 0.363. The third-order valence-corrected chi connectivity index (χ3v) is 6.93. The van der Waals surface area contributed by atoms with Crippen LogP contribution in [-0.4, -0.2) is 35.6 Å². The molecule has 30 heavy (non-hydrogen) atoms. The summed E-state index contributed by atoms with van der Waals surface area (Å²) >= 11 is 5.05. The van der Waals surface area contributed by atoms with Crippen molar-refractivity contribution in [3.63, 3.8) is 0 Å². The standard InChI is InChI=1S/C22H21BrN4O2S/c1-29-15-4-2-13(3-5-15)10-14(12-24)27-22(28)19-11-18(23)20(30-19)16-6-8-25-21-17(16)7-9-26-21/h2-9,11,14H,10,12,24H2,1H3,(H,25,26)(H,27,28). The Balaban J connectivity index is 1.51. The van der Waals surface area contributed by atoms with Crippen molar-refractivity contribution in [1.82, 2.24) is 15.3 Å². The molecule has 3 heterocycles. The molecule has 1 amide bonds. The van der Waals surface area contributed by atoms with E-state index in [1.54, 1.807) is 13.3 Å². The number of thiophene rings is 1. The first-order valence-corrected chi connectivity index (χ1v) is 11.1. The molecule has 0 saturated carbocycles. The molecule has 0 aliphatic rings. The average Bonchev–Trinajstić information content (AvgIpc) is 3.40. The summed E-state index contributed by atoms with van der Waals surface area (Å²) in [4.78, 5) is 22.0. The van der Waals surface area contributed by atoms with E-state index in [-0.39, 0.29) is 11.9 Å². The number of benzene rings is 1.